The highest BCUT2D eigenvalue weighted by Gasteiger charge is 2.40. The Morgan fingerprint density at radius 2 is 2.22 bits per heavy atom. The van der Waals surface area contributed by atoms with Gasteiger partial charge in [0.1, 0.15) is 11.9 Å². The van der Waals surface area contributed by atoms with Crippen LogP contribution in [0.1, 0.15) is 31.2 Å². The minimum absolute atomic E-state index is 0.510. The average molecular weight is 359 g/mol. The van der Waals surface area contributed by atoms with E-state index >= 15 is 0 Å². The smallest absolute Gasteiger partial charge is 0.146 e. The summed E-state index contributed by atoms with van der Waals surface area (Å²) in [7, 11) is 0. The first-order valence-electron chi connectivity index (χ1n) is 10.1. The van der Waals surface area contributed by atoms with Crippen LogP contribution >= 0.6 is 0 Å². The molecule has 0 amide bonds. The molecule has 4 aliphatic rings. The lowest BCUT2D eigenvalue weighted by Gasteiger charge is -2.48. The van der Waals surface area contributed by atoms with Gasteiger partial charge in [0.05, 0.1) is 5.56 Å². The molecule has 0 aromatic carbocycles. The van der Waals surface area contributed by atoms with Crippen LogP contribution in [0.5, 0.6) is 0 Å². The van der Waals surface area contributed by atoms with Crippen molar-refractivity contribution in [3.8, 4) is 6.07 Å². The number of fused-ring (bicyclic) bond motifs is 2. The molecule has 1 saturated carbocycles. The molecule has 4 heterocycles. The molecular formula is C22H25N5. The molecule has 0 N–H and O–H groups in total. The zero-order valence-electron chi connectivity index (χ0n) is 15.5. The van der Waals surface area contributed by atoms with Gasteiger partial charge in [0.15, 0.2) is 0 Å². The molecule has 5 heteroatoms. The second kappa shape index (κ2) is 6.94. The van der Waals surface area contributed by atoms with Gasteiger partial charge in [-0.15, -0.1) is 0 Å². The number of rotatable bonds is 3. The summed E-state index contributed by atoms with van der Waals surface area (Å²) in [5.74, 6) is 2.27. The molecule has 3 fully saturated rings. The second-order valence-corrected chi connectivity index (χ2v) is 8.08. The van der Waals surface area contributed by atoms with E-state index < -0.39 is 0 Å². The van der Waals surface area contributed by atoms with Crippen molar-refractivity contribution >= 4 is 11.5 Å². The van der Waals surface area contributed by atoms with Gasteiger partial charge in [-0.25, -0.2) is 4.98 Å². The van der Waals surface area contributed by atoms with Gasteiger partial charge < -0.3 is 4.90 Å². The Labute approximate surface area is 160 Å². The lowest BCUT2D eigenvalue weighted by atomic mass is 9.92. The van der Waals surface area contributed by atoms with E-state index in [1.54, 1.807) is 6.20 Å². The van der Waals surface area contributed by atoms with Crippen molar-refractivity contribution in [2.24, 2.45) is 16.8 Å². The van der Waals surface area contributed by atoms with E-state index in [0.717, 1.165) is 31.4 Å². The van der Waals surface area contributed by atoms with Crippen LogP contribution in [0.3, 0.4) is 0 Å². The Balaban J connectivity index is 1.29. The number of hydrogen-bond acceptors (Lipinski definition) is 5. The van der Waals surface area contributed by atoms with Gasteiger partial charge in [0.2, 0.25) is 0 Å². The maximum atomic E-state index is 9.39. The van der Waals surface area contributed by atoms with Crippen molar-refractivity contribution in [1.82, 2.24) is 9.88 Å². The van der Waals surface area contributed by atoms with Crippen LogP contribution in [-0.4, -0.2) is 47.3 Å². The highest BCUT2D eigenvalue weighted by Crippen LogP contribution is 2.43. The van der Waals surface area contributed by atoms with Crippen LogP contribution in [0, 0.1) is 23.2 Å². The lowest BCUT2D eigenvalue weighted by molar-refractivity contribution is 0.0959. The fourth-order valence-corrected chi connectivity index (χ4v) is 4.91. The number of hydrogen-bond donors (Lipinski definition) is 0. The summed E-state index contributed by atoms with van der Waals surface area (Å²) in [6.45, 7) is 2.92. The van der Waals surface area contributed by atoms with Crippen LogP contribution in [0.25, 0.3) is 0 Å². The van der Waals surface area contributed by atoms with E-state index in [1.807, 2.05) is 18.3 Å². The number of allylic oxidation sites excluding steroid dienone is 2. The molecule has 2 saturated heterocycles. The quantitative estimate of drug-likeness (QED) is 0.832. The number of nitrogens with zero attached hydrogens (tertiary/aromatic N) is 5. The molecule has 1 aliphatic carbocycles. The number of aliphatic imine (C=N–C) groups is 1. The molecule has 138 valence electrons. The fraction of sp³-hybridized carbons (Fsp3) is 0.500. The van der Waals surface area contributed by atoms with Crippen molar-refractivity contribution in [3.05, 3.63) is 48.3 Å². The first-order valence-corrected chi connectivity index (χ1v) is 10.1. The molecular weight excluding hydrogens is 334 g/mol. The Kier molecular flexibility index (Phi) is 4.29. The third-order valence-corrected chi connectivity index (χ3v) is 6.46. The van der Waals surface area contributed by atoms with Crippen molar-refractivity contribution < 1.29 is 0 Å². The minimum atomic E-state index is 0.510. The van der Waals surface area contributed by atoms with Crippen LogP contribution in [0.4, 0.5) is 5.82 Å². The van der Waals surface area contributed by atoms with E-state index in [4.69, 9.17) is 0 Å². The number of anilines is 1. The molecule has 1 aromatic rings. The van der Waals surface area contributed by atoms with Gasteiger partial charge in [-0.2, -0.15) is 5.26 Å². The zero-order chi connectivity index (χ0) is 18.2. The molecule has 27 heavy (non-hydrogen) atoms. The summed E-state index contributed by atoms with van der Waals surface area (Å²) in [4.78, 5) is 14.0. The number of aromatic nitrogens is 1. The monoisotopic (exact) mass is 359 g/mol. The first kappa shape index (κ1) is 16.7. The molecule has 4 unspecified atom stereocenters. The van der Waals surface area contributed by atoms with Gasteiger partial charge >= 0.3 is 0 Å². The third-order valence-electron chi connectivity index (χ3n) is 6.46. The van der Waals surface area contributed by atoms with Gasteiger partial charge in [-0.1, -0.05) is 12.2 Å². The summed E-state index contributed by atoms with van der Waals surface area (Å²) in [6, 6.07) is 7.05. The van der Waals surface area contributed by atoms with Gasteiger partial charge in [0, 0.05) is 55.7 Å². The highest BCUT2D eigenvalue weighted by molar-refractivity contribution is 6.00. The van der Waals surface area contributed by atoms with Gasteiger partial charge in [0.25, 0.3) is 0 Å². The molecule has 5 nitrogen and oxygen atoms in total. The molecule has 1 aromatic heterocycles. The summed E-state index contributed by atoms with van der Waals surface area (Å²) in [6.07, 6.45) is 15.7. The highest BCUT2D eigenvalue weighted by atomic mass is 15.3. The van der Waals surface area contributed by atoms with Crippen LogP contribution < -0.4 is 4.90 Å². The second-order valence-electron chi connectivity index (χ2n) is 8.08. The maximum Gasteiger partial charge on any atom is 0.146 e. The van der Waals surface area contributed by atoms with E-state index in [0.29, 0.717) is 23.6 Å². The largest absolute Gasteiger partial charge is 0.353 e. The molecule has 3 aliphatic heterocycles. The van der Waals surface area contributed by atoms with Crippen LogP contribution in [-0.2, 0) is 0 Å². The first-order chi connectivity index (χ1) is 13.3. The average Bonchev–Trinajstić information content (AvgIpc) is 3.52. The fourth-order valence-electron chi connectivity index (χ4n) is 4.91. The third kappa shape index (κ3) is 3.19. The van der Waals surface area contributed by atoms with Gasteiger partial charge in [-0.3, -0.25) is 9.89 Å². The predicted molar refractivity (Wildman–Crippen MR) is 107 cm³/mol. The van der Waals surface area contributed by atoms with E-state index in [-0.39, 0.29) is 0 Å². The Bertz CT molecular complexity index is 849. The predicted octanol–water partition coefficient (Wildman–Crippen LogP) is 3.16. The van der Waals surface area contributed by atoms with Crippen molar-refractivity contribution in [2.75, 3.05) is 24.5 Å². The molecule has 0 bridgehead atoms. The van der Waals surface area contributed by atoms with E-state index in [2.05, 4.69) is 44.1 Å². The number of nitriles is 1. The van der Waals surface area contributed by atoms with E-state index in [1.165, 1.54) is 31.4 Å². The summed E-state index contributed by atoms with van der Waals surface area (Å²) < 4.78 is 0. The summed E-state index contributed by atoms with van der Waals surface area (Å²) >= 11 is 0. The maximum absolute atomic E-state index is 9.39. The molecule has 4 atom stereocenters. The van der Waals surface area contributed by atoms with Crippen LogP contribution in [0.2, 0.25) is 0 Å². The number of pyridine rings is 1. The van der Waals surface area contributed by atoms with E-state index in [9.17, 15) is 5.26 Å². The normalized spacial score (nSPS) is 32.6. The van der Waals surface area contributed by atoms with Crippen molar-refractivity contribution in [2.45, 2.75) is 37.8 Å². The molecule has 5 rings (SSSR count). The van der Waals surface area contributed by atoms with Crippen LogP contribution in [0.15, 0.2) is 47.7 Å². The Morgan fingerprint density at radius 1 is 1.26 bits per heavy atom. The molecule has 0 radical (unpaired) electrons. The topological polar surface area (TPSA) is 55.5 Å². The minimum Gasteiger partial charge on any atom is -0.353 e. The Morgan fingerprint density at radius 3 is 3.15 bits per heavy atom. The van der Waals surface area contributed by atoms with Crippen molar-refractivity contribution in [3.63, 3.8) is 0 Å². The standard InChI is InChI=1S/C22H25N5/c23-14-17-3-2-9-25-22(17)26-11-12-27-18(4-1-5-19(27)15-26)6-7-21-20-13-16(20)8-10-24-21/h2-3,6-10,16,18-20H,1,4-5,11-13,15H2. The SMILES string of the molecule is N#Cc1cccnc1N1CCN2C(C=CC3=NC=CC4CC34)CCCC2C1. The number of piperazine rings is 1. The summed E-state index contributed by atoms with van der Waals surface area (Å²) in [5.41, 5.74) is 1.95. The van der Waals surface area contributed by atoms with Gasteiger partial charge in [-0.05, 0) is 49.8 Å². The summed E-state index contributed by atoms with van der Waals surface area (Å²) in [5, 5.41) is 9.39. The number of piperidine rings is 1. The lowest BCUT2D eigenvalue weighted by Crippen LogP contribution is -2.58. The zero-order valence-corrected chi connectivity index (χ0v) is 15.5. The Hall–Kier alpha value is -2.45. The molecule has 0 spiro atoms. The van der Waals surface area contributed by atoms with Crippen molar-refractivity contribution in [1.29, 1.82) is 5.26 Å².